The lowest BCUT2D eigenvalue weighted by Crippen LogP contribution is -2.41. The highest BCUT2D eigenvalue weighted by Crippen LogP contribution is 2.33. The minimum atomic E-state index is -4.97. The molecule has 14 heteroatoms. The van der Waals surface area contributed by atoms with E-state index in [0.29, 0.717) is 5.76 Å². The van der Waals surface area contributed by atoms with Crippen LogP contribution in [0.5, 0.6) is 0 Å². The quantitative estimate of drug-likeness (QED) is 0.493. The first kappa shape index (κ1) is 23.8. The number of halogens is 5. The minimum Gasteiger partial charge on any atom is -0.467 e. The highest BCUT2D eigenvalue weighted by Gasteiger charge is 2.35. The van der Waals surface area contributed by atoms with Crippen molar-refractivity contribution in [3.63, 3.8) is 0 Å². The maximum absolute atomic E-state index is 14.7. The largest absolute Gasteiger partial charge is 0.467 e. The van der Waals surface area contributed by atoms with Crippen LogP contribution in [-0.4, -0.2) is 30.9 Å². The molecule has 0 atom stereocenters. The maximum atomic E-state index is 14.7. The lowest BCUT2D eigenvalue weighted by atomic mass is 10.2. The second-order valence-corrected chi connectivity index (χ2v) is 8.39. The summed E-state index contributed by atoms with van der Waals surface area (Å²) in [5.41, 5.74) is -5.03. The number of hydrogen-bond acceptors (Lipinski definition) is 6. The van der Waals surface area contributed by atoms with E-state index in [1.54, 1.807) is 12.1 Å². The molecule has 0 saturated carbocycles. The molecule has 0 N–H and O–H groups in total. The number of nitrogens with zero attached hydrogens (tertiary/aromatic N) is 4. The Hall–Kier alpha value is -3.32. The first-order valence-corrected chi connectivity index (χ1v) is 10.8. The Bertz CT molecular complexity index is 1430. The molecule has 1 fully saturated rings. The number of carbonyl (C=O) groups is 1. The molecule has 0 radical (unpaired) electrons. The molecule has 1 amide bonds. The van der Waals surface area contributed by atoms with Crippen molar-refractivity contribution in [2.75, 3.05) is 5.75 Å². The molecule has 178 valence electrons. The van der Waals surface area contributed by atoms with E-state index < -0.39 is 34.6 Å². The molecule has 1 aliphatic rings. The summed E-state index contributed by atoms with van der Waals surface area (Å²) in [6.45, 7) is 0.0717. The first-order chi connectivity index (χ1) is 16.0. The molecule has 1 aromatic carbocycles. The van der Waals surface area contributed by atoms with Crippen molar-refractivity contribution in [3.8, 4) is 5.69 Å². The molecule has 8 nitrogen and oxygen atoms in total. The molecule has 2 aromatic heterocycles. The van der Waals surface area contributed by atoms with Gasteiger partial charge in [0, 0.05) is 13.1 Å². The molecule has 0 unspecified atom stereocenters. The van der Waals surface area contributed by atoms with Gasteiger partial charge in [-0.15, -0.1) is 0 Å². The Kier molecular flexibility index (Phi) is 6.16. The number of thioether (sulfide) groups is 1. The number of aromatic nitrogens is 2. The number of benzene rings is 1. The molecular weight excluding hydrogens is 504 g/mol. The topological polar surface area (TPSA) is 89.8 Å². The van der Waals surface area contributed by atoms with Crippen LogP contribution < -0.4 is 11.2 Å². The van der Waals surface area contributed by atoms with Gasteiger partial charge in [0.2, 0.25) is 5.91 Å². The van der Waals surface area contributed by atoms with Crippen LogP contribution >= 0.6 is 23.4 Å². The molecule has 4 rings (SSSR count). The van der Waals surface area contributed by atoms with E-state index in [0.717, 1.165) is 30.9 Å². The zero-order valence-electron chi connectivity index (χ0n) is 17.1. The van der Waals surface area contributed by atoms with Gasteiger partial charge in [-0.05, 0) is 24.3 Å². The van der Waals surface area contributed by atoms with E-state index in [2.05, 4.69) is 4.99 Å². The number of carbonyl (C=O) groups excluding carboxylic acids is 1. The van der Waals surface area contributed by atoms with Crippen molar-refractivity contribution in [1.29, 1.82) is 0 Å². The standard InChI is InChI=1S/C20H13ClF4N4O4S/c1-27-15(20(23,24)25)7-16(30)29(19(27)32)14-6-13(11(21)5-12(14)22)26-18-28(17(31)9-34-18)8-10-3-2-4-33-10/h2-7H,8-9H2,1H3/b26-18-. The smallest absolute Gasteiger partial charge is 0.431 e. The number of rotatable bonds is 4. The summed E-state index contributed by atoms with van der Waals surface area (Å²) in [5, 5.41) is -0.00282. The van der Waals surface area contributed by atoms with E-state index >= 15 is 0 Å². The molecule has 0 aliphatic carbocycles. The zero-order chi connectivity index (χ0) is 24.8. The fourth-order valence-electron chi connectivity index (χ4n) is 3.20. The number of amidine groups is 1. The third-order valence-corrected chi connectivity index (χ3v) is 6.10. The van der Waals surface area contributed by atoms with E-state index in [-0.39, 0.29) is 49.3 Å². The summed E-state index contributed by atoms with van der Waals surface area (Å²) in [5.74, 6) is -0.847. The Labute approximate surface area is 197 Å². The fraction of sp³-hybridized carbons (Fsp3) is 0.200. The fourth-order valence-corrected chi connectivity index (χ4v) is 4.29. The molecule has 0 spiro atoms. The SMILES string of the molecule is Cn1c(C(F)(F)F)cc(=O)n(-c2cc(/N=C3\SCC(=O)N3Cc3ccco3)c(Cl)cc2F)c1=O. The van der Waals surface area contributed by atoms with E-state index in [4.69, 9.17) is 16.0 Å². The number of alkyl halides is 3. The van der Waals surface area contributed by atoms with Gasteiger partial charge in [-0.25, -0.2) is 18.7 Å². The Morgan fingerprint density at radius 2 is 1.94 bits per heavy atom. The zero-order valence-corrected chi connectivity index (χ0v) is 18.7. The summed E-state index contributed by atoms with van der Waals surface area (Å²) in [6.07, 6.45) is -3.53. The van der Waals surface area contributed by atoms with Crippen molar-refractivity contribution in [2.45, 2.75) is 12.7 Å². The molecule has 1 aliphatic heterocycles. The van der Waals surface area contributed by atoms with Gasteiger partial charge in [-0.3, -0.25) is 19.1 Å². The van der Waals surface area contributed by atoms with Crippen LogP contribution in [0, 0.1) is 5.82 Å². The summed E-state index contributed by atoms with van der Waals surface area (Å²) in [4.78, 5) is 42.8. The lowest BCUT2D eigenvalue weighted by molar-refractivity contribution is -0.144. The van der Waals surface area contributed by atoms with Crippen LogP contribution in [0.15, 0.2) is 55.6 Å². The van der Waals surface area contributed by atoms with Crippen LogP contribution in [0.2, 0.25) is 5.02 Å². The van der Waals surface area contributed by atoms with Gasteiger partial charge in [0.1, 0.15) is 17.3 Å². The molecular formula is C20H13ClF4N4O4S. The predicted octanol–water partition coefficient (Wildman–Crippen LogP) is 3.70. The first-order valence-electron chi connectivity index (χ1n) is 9.41. The highest BCUT2D eigenvalue weighted by atomic mass is 35.5. The monoisotopic (exact) mass is 516 g/mol. The lowest BCUT2D eigenvalue weighted by Gasteiger charge is -2.16. The summed E-state index contributed by atoms with van der Waals surface area (Å²) in [7, 11) is 0.809. The number of furan rings is 1. The van der Waals surface area contributed by atoms with E-state index in [9.17, 15) is 31.9 Å². The van der Waals surface area contributed by atoms with Gasteiger partial charge >= 0.3 is 11.9 Å². The molecule has 1 saturated heterocycles. The van der Waals surface area contributed by atoms with Gasteiger partial charge in [0.15, 0.2) is 5.17 Å². The Morgan fingerprint density at radius 1 is 1.21 bits per heavy atom. The summed E-state index contributed by atoms with van der Waals surface area (Å²) >= 11 is 7.17. The number of amides is 1. The number of aliphatic imine (C=N–C) groups is 1. The predicted molar refractivity (Wildman–Crippen MR) is 116 cm³/mol. The molecule has 3 heterocycles. The van der Waals surface area contributed by atoms with Crippen LogP contribution in [0.3, 0.4) is 0 Å². The molecule has 34 heavy (non-hydrogen) atoms. The molecule has 3 aromatic rings. The minimum absolute atomic E-state index is 0.0717. The van der Waals surface area contributed by atoms with Crippen molar-refractivity contribution in [2.24, 2.45) is 12.0 Å². The van der Waals surface area contributed by atoms with Crippen LogP contribution in [0.25, 0.3) is 5.69 Å². The van der Waals surface area contributed by atoms with Gasteiger partial charge in [0.25, 0.3) is 5.56 Å². The average Bonchev–Trinajstić information content (AvgIpc) is 3.38. The van der Waals surface area contributed by atoms with Crippen molar-refractivity contribution >= 4 is 40.1 Å². The van der Waals surface area contributed by atoms with Crippen LogP contribution in [0.1, 0.15) is 11.5 Å². The second kappa shape index (κ2) is 8.80. The Balaban J connectivity index is 1.82. The van der Waals surface area contributed by atoms with E-state index in [1.165, 1.54) is 11.2 Å². The van der Waals surface area contributed by atoms with Gasteiger partial charge in [-0.2, -0.15) is 13.2 Å². The van der Waals surface area contributed by atoms with Gasteiger partial charge < -0.3 is 4.42 Å². The van der Waals surface area contributed by atoms with Gasteiger partial charge in [-0.1, -0.05) is 23.4 Å². The van der Waals surface area contributed by atoms with Crippen molar-refractivity contribution < 1.29 is 26.8 Å². The Morgan fingerprint density at radius 3 is 2.59 bits per heavy atom. The van der Waals surface area contributed by atoms with Gasteiger partial charge in [0.05, 0.1) is 35.0 Å². The summed E-state index contributed by atoms with van der Waals surface area (Å²) in [6, 6.07) is 5.22. The van der Waals surface area contributed by atoms with Crippen LogP contribution in [0.4, 0.5) is 23.2 Å². The van der Waals surface area contributed by atoms with Crippen molar-refractivity contribution in [3.05, 3.63) is 79.7 Å². The third kappa shape index (κ3) is 4.40. The maximum Gasteiger partial charge on any atom is 0.431 e. The summed E-state index contributed by atoms with van der Waals surface area (Å²) < 4.78 is 59.7. The third-order valence-electron chi connectivity index (χ3n) is 4.83. The van der Waals surface area contributed by atoms with Crippen LogP contribution in [-0.2, 0) is 24.6 Å². The molecule has 0 bridgehead atoms. The van der Waals surface area contributed by atoms with Crippen molar-refractivity contribution in [1.82, 2.24) is 14.0 Å². The number of hydrogen-bond donors (Lipinski definition) is 0. The van der Waals surface area contributed by atoms with E-state index in [1.807, 2.05) is 0 Å². The highest BCUT2D eigenvalue weighted by molar-refractivity contribution is 8.15. The normalized spacial score (nSPS) is 15.5. The average molecular weight is 517 g/mol. The second-order valence-electron chi connectivity index (χ2n) is 7.04.